The lowest BCUT2D eigenvalue weighted by molar-refractivity contribution is -0.913. The lowest BCUT2D eigenvalue weighted by Gasteiger charge is -2.29. The summed E-state index contributed by atoms with van der Waals surface area (Å²) in [5.74, 6) is 0.773. The molecule has 3 atom stereocenters. The van der Waals surface area contributed by atoms with Gasteiger partial charge in [-0.15, -0.1) is 0 Å². The van der Waals surface area contributed by atoms with Gasteiger partial charge in [0.2, 0.25) is 0 Å². The Morgan fingerprint density at radius 1 is 1.42 bits per heavy atom. The van der Waals surface area contributed by atoms with Crippen LogP contribution in [0.1, 0.15) is 25.7 Å². The minimum Gasteiger partial charge on any atom is -0.411 e. The van der Waals surface area contributed by atoms with Gasteiger partial charge in [-0.3, -0.25) is 0 Å². The highest BCUT2D eigenvalue weighted by Crippen LogP contribution is 2.23. The predicted molar refractivity (Wildman–Crippen MR) is 46.7 cm³/mol. The standard InChI is InChI=1S/C9H16N2O/c1-11-6-7-2-3-9(11)5-8(4-7)10-12/h7,9,12H,2-6H2,1H3/p+1/b10-8-/t7-,9+/m0/s1. The molecule has 2 bridgehead atoms. The Kier molecular flexibility index (Phi) is 2.05. The second-order valence-corrected chi connectivity index (χ2v) is 4.27. The van der Waals surface area contributed by atoms with Gasteiger partial charge < -0.3 is 10.1 Å². The molecule has 1 saturated carbocycles. The molecule has 0 radical (unpaired) electrons. The highest BCUT2D eigenvalue weighted by atomic mass is 16.4. The number of nitrogens with zero attached hydrogens (tertiary/aromatic N) is 1. The number of nitrogens with one attached hydrogen (secondary N) is 1. The SMILES string of the molecule is C[NH+]1C[C@H]2CC[C@@H]1C/C(=N\O)C2. The van der Waals surface area contributed by atoms with E-state index < -0.39 is 0 Å². The predicted octanol–water partition coefficient (Wildman–Crippen LogP) is -0.0963. The fourth-order valence-electron chi connectivity index (χ4n) is 2.64. The molecule has 2 heterocycles. The molecule has 0 aromatic heterocycles. The van der Waals surface area contributed by atoms with E-state index in [2.05, 4.69) is 12.2 Å². The second kappa shape index (κ2) is 3.05. The van der Waals surface area contributed by atoms with Gasteiger partial charge in [0.25, 0.3) is 0 Å². The van der Waals surface area contributed by atoms with Gasteiger partial charge >= 0.3 is 0 Å². The normalized spacial score (nSPS) is 44.8. The number of hydrogen-bond acceptors (Lipinski definition) is 2. The first-order valence-corrected chi connectivity index (χ1v) is 4.81. The van der Waals surface area contributed by atoms with Crippen LogP contribution in [-0.4, -0.2) is 30.6 Å². The Hall–Kier alpha value is -0.570. The molecule has 68 valence electrons. The van der Waals surface area contributed by atoms with Crippen molar-refractivity contribution in [2.45, 2.75) is 31.7 Å². The first-order chi connectivity index (χ1) is 5.79. The van der Waals surface area contributed by atoms with Crippen LogP contribution in [-0.2, 0) is 0 Å². The van der Waals surface area contributed by atoms with Crippen molar-refractivity contribution in [1.29, 1.82) is 0 Å². The fraction of sp³-hybridized carbons (Fsp3) is 0.889. The highest BCUT2D eigenvalue weighted by Gasteiger charge is 2.35. The van der Waals surface area contributed by atoms with E-state index in [1.807, 2.05) is 0 Å². The summed E-state index contributed by atoms with van der Waals surface area (Å²) in [5.41, 5.74) is 1.03. The summed E-state index contributed by atoms with van der Waals surface area (Å²) in [6.45, 7) is 1.27. The molecule has 0 spiro atoms. The maximum Gasteiger partial charge on any atom is 0.0926 e. The first-order valence-electron chi connectivity index (χ1n) is 4.81. The number of fused-ring (bicyclic) bond motifs is 4. The van der Waals surface area contributed by atoms with Crippen molar-refractivity contribution in [3.05, 3.63) is 0 Å². The number of oxime groups is 1. The lowest BCUT2D eigenvalue weighted by Crippen LogP contribution is -3.14. The lowest BCUT2D eigenvalue weighted by atomic mass is 9.95. The second-order valence-electron chi connectivity index (χ2n) is 4.27. The quantitative estimate of drug-likeness (QED) is 0.386. The molecule has 0 aromatic rings. The summed E-state index contributed by atoms with van der Waals surface area (Å²) in [6, 6.07) is 0.717. The maximum atomic E-state index is 8.74. The zero-order valence-electron chi connectivity index (χ0n) is 7.58. The van der Waals surface area contributed by atoms with E-state index in [1.165, 1.54) is 19.4 Å². The van der Waals surface area contributed by atoms with Gasteiger partial charge in [-0.05, 0) is 12.8 Å². The van der Waals surface area contributed by atoms with Crippen LogP contribution in [0.2, 0.25) is 0 Å². The summed E-state index contributed by atoms with van der Waals surface area (Å²) in [6.07, 6.45) is 4.69. The molecule has 3 heteroatoms. The Labute approximate surface area is 73.1 Å². The molecular formula is C9H17N2O+. The van der Waals surface area contributed by atoms with Crippen LogP contribution < -0.4 is 4.90 Å². The molecule has 0 amide bonds. The van der Waals surface area contributed by atoms with Crippen molar-refractivity contribution in [3.8, 4) is 0 Å². The Balaban J connectivity index is 2.16. The molecule has 3 fully saturated rings. The van der Waals surface area contributed by atoms with E-state index in [0.29, 0.717) is 0 Å². The van der Waals surface area contributed by atoms with Gasteiger partial charge in [0, 0.05) is 18.8 Å². The first kappa shape index (κ1) is 8.05. The van der Waals surface area contributed by atoms with Crippen molar-refractivity contribution in [2.75, 3.05) is 13.6 Å². The summed E-state index contributed by atoms with van der Waals surface area (Å²) < 4.78 is 0. The molecule has 3 nitrogen and oxygen atoms in total. The van der Waals surface area contributed by atoms with Gasteiger partial charge in [0.15, 0.2) is 0 Å². The molecule has 2 saturated heterocycles. The summed E-state index contributed by atoms with van der Waals surface area (Å²) >= 11 is 0. The van der Waals surface area contributed by atoms with E-state index in [4.69, 9.17) is 5.21 Å². The van der Waals surface area contributed by atoms with Crippen molar-refractivity contribution in [2.24, 2.45) is 11.1 Å². The molecule has 3 rings (SSSR count). The zero-order chi connectivity index (χ0) is 8.55. The number of quaternary nitrogens is 1. The molecule has 1 aliphatic carbocycles. The van der Waals surface area contributed by atoms with Crippen LogP contribution in [0.3, 0.4) is 0 Å². The average molecular weight is 169 g/mol. The average Bonchev–Trinajstić information content (AvgIpc) is 2.34. The summed E-state index contributed by atoms with van der Waals surface area (Å²) in [5, 5.41) is 12.1. The van der Waals surface area contributed by atoms with E-state index in [9.17, 15) is 0 Å². The van der Waals surface area contributed by atoms with Gasteiger partial charge in [-0.1, -0.05) is 5.16 Å². The van der Waals surface area contributed by atoms with Crippen molar-refractivity contribution in [3.63, 3.8) is 0 Å². The maximum absolute atomic E-state index is 8.74. The molecule has 12 heavy (non-hydrogen) atoms. The van der Waals surface area contributed by atoms with Gasteiger partial charge in [-0.25, -0.2) is 0 Å². The van der Waals surface area contributed by atoms with Crippen LogP contribution in [0.15, 0.2) is 5.16 Å². The minimum atomic E-state index is 0.717. The van der Waals surface area contributed by atoms with Crippen LogP contribution in [0.5, 0.6) is 0 Å². The monoisotopic (exact) mass is 169 g/mol. The number of hydrogen-bond donors (Lipinski definition) is 2. The largest absolute Gasteiger partial charge is 0.411 e. The van der Waals surface area contributed by atoms with Crippen molar-refractivity contribution < 1.29 is 10.1 Å². The fourth-order valence-corrected chi connectivity index (χ4v) is 2.64. The third-order valence-electron chi connectivity index (χ3n) is 3.38. The molecule has 1 unspecified atom stereocenters. The smallest absolute Gasteiger partial charge is 0.0926 e. The number of piperidine rings is 1. The molecule has 3 aliphatic rings. The molecule has 2 aliphatic heterocycles. The van der Waals surface area contributed by atoms with Crippen molar-refractivity contribution in [1.82, 2.24) is 0 Å². The van der Waals surface area contributed by atoms with Crippen LogP contribution in [0, 0.1) is 5.92 Å². The zero-order valence-corrected chi connectivity index (χ0v) is 7.58. The topological polar surface area (TPSA) is 37.0 Å². The van der Waals surface area contributed by atoms with Crippen LogP contribution >= 0.6 is 0 Å². The Bertz CT molecular complexity index is 203. The number of rotatable bonds is 0. The molecular weight excluding hydrogens is 152 g/mol. The summed E-state index contributed by atoms with van der Waals surface area (Å²) in [4.78, 5) is 1.63. The van der Waals surface area contributed by atoms with E-state index >= 15 is 0 Å². The Morgan fingerprint density at radius 2 is 2.25 bits per heavy atom. The van der Waals surface area contributed by atoms with Gasteiger partial charge in [0.05, 0.1) is 25.3 Å². The third-order valence-corrected chi connectivity index (χ3v) is 3.38. The Morgan fingerprint density at radius 3 is 2.92 bits per heavy atom. The van der Waals surface area contributed by atoms with E-state index in [0.717, 1.165) is 30.5 Å². The molecule has 2 N–H and O–H groups in total. The van der Waals surface area contributed by atoms with E-state index in [1.54, 1.807) is 4.90 Å². The van der Waals surface area contributed by atoms with E-state index in [-0.39, 0.29) is 0 Å². The van der Waals surface area contributed by atoms with Gasteiger partial charge in [0.1, 0.15) is 0 Å². The van der Waals surface area contributed by atoms with Gasteiger partial charge in [-0.2, -0.15) is 0 Å². The van der Waals surface area contributed by atoms with Crippen LogP contribution in [0.4, 0.5) is 0 Å². The summed E-state index contributed by atoms with van der Waals surface area (Å²) in [7, 11) is 2.26. The molecule has 0 aromatic carbocycles. The van der Waals surface area contributed by atoms with Crippen LogP contribution in [0.25, 0.3) is 0 Å². The third kappa shape index (κ3) is 1.33. The minimum absolute atomic E-state index is 0.717. The van der Waals surface area contributed by atoms with Crippen molar-refractivity contribution >= 4 is 5.71 Å². The highest BCUT2D eigenvalue weighted by molar-refractivity contribution is 5.84.